The Balaban J connectivity index is 1.57. The first-order valence-electron chi connectivity index (χ1n) is 10.00. The van der Waals surface area contributed by atoms with Gasteiger partial charge in [-0.3, -0.25) is 0 Å². The van der Waals surface area contributed by atoms with Crippen molar-refractivity contribution in [3.63, 3.8) is 0 Å². The Morgan fingerprint density at radius 3 is 2.74 bits per heavy atom. The van der Waals surface area contributed by atoms with E-state index in [0.29, 0.717) is 12.0 Å². The van der Waals surface area contributed by atoms with E-state index in [4.69, 9.17) is 17.5 Å². The van der Waals surface area contributed by atoms with Crippen LogP contribution in [0.2, 0.25) is 0 Å². The average Bonchev–Trinajstić information content (AvgIpc) is 3.22. The van der Waals surface area contributed by atoms with E-state index in [0.717, 1.165) is 54.6 Å². The van der Waals surface area contributed by atoms with Crippen LogP contribution in [0.15, 0.2) is 6.33 Å². The molecule has 144 valence electrons. The molecular formula is C20H28BN3O2S. The highest BCUT2D eigenvalue weighted by Crippen LogP contribution is 2.47. The molecule has 0 aromatic carbocycles. The van der Waals surface area contributed by atoms with Gasteiger partial charge < -0.3 is 14.3 Å². The fourth-order valence-corrected chi connectivity index (χ4v) is 5.82. The van der Waals surface area contributed by atoms with Crippen LogP contribution in [0.3, 0.4) is 0 Å². The molecule has 0 spiro atoms. The molecule has 2 aromatic rings. The lowest BCUT2D eigenvalue weighted by molar-refractivity contribution is 0.104. The molecule has 0 N–H and O–H groups in total. The van der Waals surface area contributed by atoms with Crippen LogP contribution in [0.5, 0.6) is 5.88 Å². The maximum Gasteiger partial charge on any atom is 0.225 e. The average molecular weight is 385 g/mol. The minimum Gasteiger partial charge on any atom is -0.474 e. The van der Waals surface area contributed by atoms with E-state index in [2.05, 4.69) is 16.9 Å². The molecule has 2 atom stereocenters. The summed E-state index contributed by atoms with van der Waals surface area (Å²) in [7, 11) is 9.66. The van der Waals surface area contributed by atoms with E-state index in [1.54, 1.807) is 13.4 Å². The molecule has 0 bridgehead atoms. The molecule has 1 unspecified atom stereocenters. The zero-order valence-corrected chi connectivity index (χ0v) is 17.3. The van der Waals surface area contributed by atoms with Gasteiger partial charge in [0.05, 0.1) is 11.5 Å². The molecular weight excluding hydrogens is 357 g/mol. The van der Waals surface area contributed by atoms with E-state index in [1.165, 1.54) is 16.9 Å². The summed E-state index contributed by atoms with van der Waals surface area (Å²) in [5.41, 5.74) is 1.42. The summed E-state index contributed by atoms with van der Waals surface area (Å²) < 4.78 is 11.9. The van der Waals surface area contributed by atoms with Gasteiger partial charge in [0.2, 0.25) is 5.88 Å². The Morgan fingerprint density at radius 1 is 1.26 bits per heavy atom. The predicted molar refractivity (Wildman–Crippen MR) is 110 cm³/mol. The zero-order chi connectivity index (χ0) is 19.0. The molecule has 2 radical (unpaired) electrons. The lowest BCUT2D eigenvalue weighted by Crippen LogP contribution is -2.36. The fraction of sp³-hybridized carbons (Fsp3) is 0.700. The van der Waals surface area contributed by atoms with Crippen molar-refractivity contribution in [2.45, 2.75) is 76.0 Å². The molecule has 2 aromatic heterocycles. The highest BCUT2D eigenvalue weighted by molar-refractivity contribution is 7.19. The van der Waals surface area contributed by atoms with Crippen LogP contribution in [-0.2, 0) is 11.2 Å². The van der Waals surface area contributed by atoms with E-state index in [1.807, 2.05) is 23.2 Å². The molecule has 0 amide bonds. The topological polar surface area (TPSA) is 47.5 Å². The van der Waals surface area contributed by atoms with Crippen LogP contribution in [0.1, 0.15) is 61.8 Å². The van der Waals surface area contributed by atoms with Crippen LogP contribution in [0, 0.1) is 0 Å². The first kappa shape index (κ1) is 19.2. The van der Waals surface area contributed by atoms with Gasteiger partial charge in [0.15, 0.2) is 7.98 Å². The number of rotatable bonds is 6. The molecule has 2 heterocycles. The van der Waals surface area contributed by atoms with E-state index in [-0.39, 0.29) is 12.2 Å². The smallest absolute Gasteiger partial charge is 0.225 e. The predicted octanol–water partition coefficient (Wildman–Crippen LogP) is 3.85. The van der Waals surface area contributed by atoms with Crippen molar-refractivity contribution < 1.29 is 9.47 Å². The highest BCUT2D eigenvalue weighted by atomic mass is 32.1. The molecule has 4 rings (SSSR count). The quantitative estimate of drug-likeness (QED) is 0.707. The summed E-state index contributed by atoms with van der Waals surface area (Å²) in [6.07, 6.45) is 9.66. The number of aryl methyl sites for hydroxylation is 1. The fourth-order valence-electron chi connectivity index (χ4n) is 4.59. The number of nitrogens with zero attached hydrogens (tertiary/aromatic N) is 3. The Bertz CT molecular complexity index is 789. The monoisotopic (exact) mass is 385 g/mol. The summed E-state index contributed by atoms with van der Waals surface area (Å²) in [6, 6.07) is 0.459. The Kier molecular flexibility index (Phi) is 5.71. The third-order valence-corrected chi connectivity index (χ3v) is 7.39. The largest absolute Gasteiger partial charge is 0.474 e. The van der Waals surface area contributed by atoms with Gasteiger partial charge in [0, 0.05) is 12.0 Å². The second-order valence-electron chi connectivity index (χ2n) is 8.03. The van der Waals surface area contributed by atoms with Crippen molar-refractivity contribution in [3.8, 4) is 5.88 Å². The molecule has 1 fully saturated rings. The molecule has 1 saturated carbocycles. The minimum atomic E-state index is 0.215. The van der Waals surface area contributed by atoms with Gasteiger partial charge in [-0.15, -0.1) is 11.3 Å². The highest BCUT2D eigenvalue weighted by Gasteiger charge is 2.32. The summed E-state index contributed by atoms with van der Waals surface area (Å²) in [6.45, 7) is 2.15. The maximum absolute atomic E-state index is 6.42. The van der Waals surface area contributed by atoms with Gasteiger partial charge >= 0.3 is 0 Å². The number of aromatic nitrogens is 2. The Morgan fingerprint density at radius 2 is 2.04 bits per heavy atom. The third-order valence-electron chi connectivity index (χ3n) is 6.21. The lowest BCUT2D eigenvalue weighted by atomic mass is 9.90. The number of ether oxygens (including phenoxy) is 2. The zero-order valence-electron chi connectivity index (χ0n) is 16.5. The van der Waals surface area contributed by atoms with Crippen LogP contribution in [0.25, 0.3) is 10.2 Å². The molecule has 0 saturated heterocycles. The third kappa shape index (κ3) is 3.87. The van der Waals surface area contributed by atoms with Crippen molar-refractivity contribution in [3.05, 3.63) is 16.8 Å². The van der Waals surface area contributed by atoms with Crippen molar-refractivity contribution in [1.82, 2.24) is 14.8 Å². The van der Waals surface area contributed by atoms with Gasteiger partial charge in [-0.2, -0.15) is 0 Å². The first-order valence-corrected chi connectivity index (χ1v) is 10.8. The second kappa shape index (κ2) is 8.06. The van der Waals surface area contributed by atoms with Crippen LogP contribution in [-0.4, -0.2) is 55.2 Å². The molecule has 27 heavy (non-hydrogen) atoms. The maximum atomic E-state index is 6.42. The van der Waals surface area contributed by atoms with Gasteiger partial charge in [0.25, 0.3) is 0 Å². The Hall–Kier alpha value is -1.18. The summed E-state index contributed by atoms with van der Waals surface area (Å²) in [5.74, 6) is 1.29. The summed E-state index contributed by atoms with van der Waals surface area (Å²) in [4.78, 5) is 13.4. The SMILES string of the molecule is [B]N(C)C1CCC(Oc2ncnc3sc4c(c23)[C@@H](CC(C)OC)CC4)CC1. The van der Waals surface area contributed by atoms with Gasteiger partial charge in [0.1, 0.15) is 17.3 Å². The normalized spacial score (nSPS) is 26.4. The number of hydrogen-bond acceptors (Lipinski definition) is 6. The molecule has 2 aliphatic rings. The van der Waals surface area contributed by atoms with Crippen molar-refractivity contribution in [2.75, 3.05) is 14.2 Å². The van der Waals surface area contributed by atoms with Gasteiger partial charge in [-0.25, -0.2) is 9.97 Å². The molecule has 0 aliphatic heterocycles. The Labute approximate surface area is 166 Å². The number of thiophene rings is 1. The number of methoxy groups -OCH3 is 1. The van der Waals surface area contributed by atoms with Crippen molar-refractivity contribution in [1.29, 1.82) is 0 Å². The lowest BCUT2D eigenvalue weighted by Gasteiger charge is -2.33. The van der Waals surface area contributed by atoms with Gasteiger partial charge in [-0.05, 0) is 76.4 Å². The molecule has 2 aliphatic carbocycles. The van der Waals surface area contributed by atoms with Crippen LogP contribution in [0.4, 0.5) is 0 Å². The number of hydrogen-bond donors (Lipinski definition) is 0. The minimum absolute atomic E-state index is 0.215. The summed E-state index contributed by atoms with van der Waals surface area (Å²) >= 11 is 1.81. The number of fused-ring (bicyclic) bond motifs is 3. The van der Waals surface area contributed by atoms with Crippen molar-refractivity contribution >= 4 is 29.5 Å². The summed E-state index contributed by atoms with van der Waals surface area (Å²) in [5, 5.41) is 1.15. The standard InChI is InChI=1S/C20H28BN3O2S/c1-12(25-3)10-13-4-9-16-17(13)18-19(22-11-23-20(18)27-16)26-15-7-5-14(6-8-15)24(2)21/h11-15H,4-10H2,1-3H3/t12?,13-,14?,15?/m1/s1. The first-order chi connectivity index (χ1) is 13.1. The molecule has 7 heteroatoms. The van der Waals surface area contributed by atoms with E-state index in [9.17, 15) is 0 Å². The van der Waals surface area contributed by atoms with Crippen molar-refractivity contribution in [2.24, 2.45) is 0 Å². The molecule has 5 nitrogen and oxygen atoms in total. The van der Waals surface area contributed by atoms with Gasteiger partial charge in [-0.1, -0.05) is 0 Å². The van der Waals surface area contributed by atoms with E-state index < -0.39 is 0 Å². The van der Waals surface area contributed by atoms with E-state index >= 15 is 0 Å². The van der Waals surface area contributed by atoms with Crippen LogP contribution >= 0.6 is 11.3 Å². The van der Waals surface area contributed by atoms with Crippen LogP contribution < -0.4 is 4.74 Å². The second-order valence-corrected chi connectivity index (χ2v) is 9.11.